The molecule has 0 saturated heterocycles. The number of hydrogen-bond donors (Lipinski definition) is 4. The van der Waals surface area contributed by atoms with E-state index in [-0.39, 0.29) is 18.7 Å². The van der Waals surface area contributed by atoms with E-state index in [0.29, 0.717) is 0 Å². The Hall–Kier alpha value is -2.58. The van der Waals surface area contributed by atoms with Crippen molar-refractivity contribution in [1.82, 2.24) is 21.5 Å². The van der Waals surface area contributed by atoms with Gasteiger partial charge >= 0.3 is 6.09 Å². The summed E-state index contributed by atoms with van der Waals surface area (Å²) in [4.78, 5) is 45.1. The third-order valence-electron chi connectivity index (χ3n) is 1.95. The fourth-order valence-corrected chi connectivity index (χ4v) is 1.02. The van der Waals surface area contributed by atoms with Crippen LogP contribution in [0.2, 0.25) is 0 Å². The number of rotatable bonds is 5. The Morgan fingerprint density at radius 3 is 2.00 bits per heavy atom. The van der Waals surface area contributed by atoms with Crippen molar-refractivity contribution in [3.63, 3.8) is 0 Å². The molecular formula is C13H22N4O5. The quantitative estimate of drug-likeness (QED) is 0.396. The molecule has 0 aromatic heterocycles. The largest absolute Gasteiger partial charge is 0.443 e. The predicted molar refractivity (Wildman–Crippen MR) is 78.3 cm³/mol. The first kappa shape index (κ1) is 19.4. The summed E-state index contributed by atoms with van der Waals surface area (Å²) in [5.41, 5.74) is 3.68. The molecule has 0 unspecified atom stereocenters. The molecule has 9 nitrogen and oxygen atoms in total. The Morgan fingerprint density at radius 2 is 1.50 bits per heavy atom. The van der Waals surface area contributed by atoms with Crippen molar-refractivity contribution < 1.29 is 23.9 Å². The lowest BCUT2D eigenvalue weighted by molar-refractivity contribution is -0.127. The zero-order valence-corrected chi connectivity index (χ0v) is 13.2. The third kappa shape index (κ3) is 10.2. The first-order valence-corrected chi connectivity index (χ1v) is 6.49. The Balaban J connectivity index is 3.90. The molecule has 0 aromatic carbocycles. The van der Waals surface area contributed by atoms with E-state index in [1.54, 1.807) is 20.8 Å². The fraction of sp³-hybridized carbons (Fsp3) is 0.538. The van der Waals surface area contributed by atoms with E-state index >= 15 is 0 Å². The molecule has 0 aliphatic rings. The minimum atomic E-state index is -0.819. The van der Waals surface area contributed by atoms with Gasteiger partial charge in [0.1, 0.15) is 5.60 Å². The number of carbonyl (C=O) groups is 4. The third-order valence-corrected chi connectivity index (χ3v) is 1.95. The Labute approximate surface area is 128 Å². The van der Waals surface area contributed by atoms with Crippen molar-refractivity contribution in [3.8, 4) is 0 Å². The highest BCUT2D eigenvalue weighted by Gasteiger charge is 2.16. The van der Waals surface area contributed by atoms with Crippen LogP contribution in [0.25, 0.3) is 0 Å². The van der Waals surface area contributed by atoms with Crippen LogP contribution >= 0.6 is 0 Å². The molecule has 4 amide bonds. The molecule has 22 heavy (non-hydrogen) atoms. The summed E-state index contributed by atoms with van der Waals surface area (Å²) in [6.07, 6.45) is -0.819. The number of amides is 4. The molecule has 4 N–H and O–H groups in total. The van der Waals surface area contributed by atoms with Gasteiger partial charge in [-0.2, -0.15) is 0 Å². The standard InChI is InChI=1S/C13H22N4O5/c1-8(2)11(20)15-6-9(18)14-7-10(19)16-17-12(21)22-13(3,4)5/h1,6-7H2,2-5H3,(H,14,18)(H,15,20)(H,16,19)(H,17,21). The van der Waals surface area contributed by atoms with E-state index in [1.165, 1.54) is 6.92 Å². The summed E-state index contributed by atoms with van der Waals surface area (Å²) in [6, 6.07) is 0. The zero-order valence-electron chi connectivity index (χ0n) is 13.2. The first-order valence-electron chi connectivity index (χ1n) is 6.49. The van der Waals surface area contributed by atoms with Crippen LogP contribution in [0.3, 0.4) is 0 Å². The summed E-state index contributed by atoms with van der Waals surface area (Å²) in [5.74, 6) is -1.65. The van der Waals surface area contributed by atoms with E-state index in [2.05, 4.69) is 22.6 Å². The van der Waals surface area contributed by atoms with Gasteiger partial charge in [-0.05, 0) is 27.7 Å². The number of hydrogen-bond acceptors (Lipinski definition) is 5. The molecule has 0 heterocycles. The monoisotopic (exact) mass is 314 g/mol. The van der Waals surface area contributed by atoms with Crippen LogP contribution in [0.1, 0.15) is 27.7 Å². The SMILES string of the molecule is C=C(C)C(=O)NCC(=O)NCC(=O)NNC(=O)OC(C)(C)C. The van der Waals surface area contributed by atoms with Crippen LogP contribution < -0.4 is 21.5 Å². The second-order valence-electron chi connectivity index (χ2n) is 5.41. The summed E-state index contributed by atoms with van der Waals surface area (Å²) in [6.45, 7) is 9.30. The number of ether oxygens (including phenoxy) is 1. The second-order valence-corrected chi connectivity index (χ2v) is 5.41. The molecule has 0 saturated carbocycles. The minimum Gasteiger partial charge on any atom is -0.443 e. The maximum Gasteiger partial charge on any atom is 0.426 e. The van der Waals surface area contributed by atoms with Crippen molar-refractivity contribution in [2.24, 2.45) is 0 Å². The van der Waals surface area contributed by atoms with Gasteiger partial charge in [0.15, 0.2) is 0 Å². The van der Waals surface area contributed by atoms with Gasteiger partial charge in [0.25, 0.3) is 5.91 Å². The van der Waals surface area contributed by atoms with E-state index in [9.17, 15) is 19.2 Å². The predicted octanol–water partition coefficient (Wildman–Crippen LogP) is -0.649. The Kier molecular flexibility index (Phi) is 7.64. The minimum absolute atomic E-state index is 0.270. The van der Waals surface area contributed by atoms with Crippen molar-refractivity contribution in [2.45, 2.75) is 33.3 Å². The molecule has 0 bridgehead atoms. The van der Waals surface area contributed by atoms with Crippen LogP contribution in [-0.4, -0.2) is 42.5 Å². The molecule has 0 atom stereocenters. The van der Waals surface area contributed by atoms with Gasteiger partial charge in [0, 0.05) is 5.57 Å². The molecule has 0 radical (unpaired) electrons. The van der Waals surface area contributed by atoms with Gasteiger partial charge in [0.05, 0.1) is 13.1 Å². The lowest BCUT2D eigenvalue weighted by Crippen LogP contribution is -2.48. The molecule has 0 spiro atoms. The van der Waals surface area contributed by atoms with Gasteiger partial charge in [-0.25, -0.2) is 10.2 Å². The average Bonchev–Trinajstić information content (AvgIpc) is 2.37. The Morgan fingerprint density at radius 1 is 0.955 bits per heavy atom. The molecule has 124 valence electrons. The van der Waals surface area contributed by atoms with Gasteiger partial charge in [-0.3, -0.25) is 19.8 Å². The van der Waals surface area contributed by atoms with Crippen LogP contribution in [0.4, 0.5) is 4.79 Å². The van der Waals surface area contributed by atoms with Crippen LogP contribution in [-0.2, 0) is 19.1 Å². The number of carbonyl (C=O) groups excluding carboxylic acids is 4. The normalized spacial score (nSPS) is 10.2. The van der Waals surface area contributed by atoms with Crippen molar-refractivity contribution in [2.75, 3.05) is 13.1 Å². The van der Waals surface area contributed by atoms with Gasteiger partial charge < -0.3 is 15.4 Å². The lowest BCUT2D eigenvalue weighted by atomic mass is 10.2. The summed E-state index contributed by atoms with van der Waals surface area (Å²) < 4.78 is 4.89. The van der Waals surface area contributed by atoms with Crippen molar-refractivity contribution in [3.05, 3.63) is 12.2 Å². The highest BCUT2D eigenvalue weighted by molar-refractivity contribution is 5.95. The van der Waals surface area contributed by atoms with E-state index < -0.39 is 29.4 Å². The topological polar surface area (TPSA) is 126 Å². The molecule has 0 aliphatic heterocycles. The Bertz CT molecular complexity index is 468. The summed E-state index contributed by atoms with van der Waals surface area (Å²) in [5, 5.41) is 4.57. The molecule has 0 aliphatic carbocycles. The highest BCUT2D eigenvalue weighted by atomic mass is 16.6. The number of hydrazine groups is 1. The number of nitrogens with one attached hydrogen (secondary N) is 4. The smallest absolute Gasteiger partial charge is 0.426 e. The van der Waals surface area contributed by atoms with Gasteiger partial charge in [-0.15, -0.1) is 0 Å². The van der Waals surface area contributed by atoms with Crippen LogP contribution in [0.5, 0.6) is 0 Å². The maximum atomic E-state index is 11.4. The van der Waals surface area contributed by atoms with Gasteiger partial charge in [-0.1, -0.05) is 6.58 Å². The molecule has 0 rings (SSSR count). The molecule has 0 fully saturated rings. The van der Waals surface area contributed by atoms with E-state index in [4.69, 9.17) is 4.74 Å². The van der Waals surface area contributed by atoms with Crippen LogP contribution in [0, 0.1) is 0 Å². The van der Waals surface area contributed by atoms with Crippen molar-refractivity contribution >= 4 is 23.8 Å². The zero-order chi connectivity index (χ0) is 17.3. The van der Waals surface area contributed by atoms with Crippen LogP contribution in [0.15, 0.2) is 12.2 Å². The summed E-state index contributed by atoms with van der Waals surface area (Å²) in [7, 11) is 0. The molecular weight excluding hydrogens is 292 g/mol. The van der Waals surface area contributed by atoms with E-state index in [1.807, 2.05) is 5.43 Å². The summed E-state index contributed by atoms with van der Waals surface area (Å²) >= 11 is 0. The fourth-order valence-electron chi connectivity index (χ4n) is 1.02. The molecule has 9 heteroatoms. The second kappa shape index (κ2) is 8.65. The molecule has 0 aromatic rings. The first-order chi connectivity index (χ1) is 10.0. The lowest BCUT2D eigenvalue weighted by Gasteiger charge is -2.19. The van der Waals surface area contributed by atoms with Crippen molar-refractivity contribution in [1.29, 1.82) is 0 Å². The average molecular weight is 314 g/mol. The maximum absolute atomic E-state index is 11.4. The highest BCUT2D eigenvalue weighted by Crippen LogP contribution is 2.05. The van der Waals surface area contributed by atoms with Gasteiger partial charge in [0.2, 0.25) is 11.8 Å². The van der Waals surface area contributed by atoms with E-state index in [0.717, 1.165) is 0 Å².